The minimum atomic E-state index is -0.568. The zero-order chi connectivity index (χ0) is 18.5. The summed E-state index contributed by atoms with van der Waals surface area (Å²) < 4.78 is 6.24. The van der Waals surface area contributed by atoms with E-state index in [0.717, 1.165) is 45.6 Å². The molecule has 4 aliphatic rings. The maximum absolute atomic E-state index is 13.3. The van der Waals surface area contributed by atoms with E-state index < -0.39 is 5.60 Å². The van der Waals surface area contributed by atoms with Gasteiger partial charge in [0.15, 0.2) is 0 Å². The molecule has 144 valence electrons. The summed E-state index contributed by atoms with van der Waals surface area (Å²) in [5, 5.41) is 0. The van der Waals surface area contributed by atoms with Gasteiger partial charge in [0, 0.05) is 26.2 Å². The van der Waals surface area contributed by atoms with Gasteiger partial charge >= 0.3 is 0 Å². The Balaban J connectivity index is 1.52. The SMILES string of the molecule is CC(C)CCN1C[C@]23C=C[C@H](O2)[C@@H](C(=O)N2CCCN(C)CC2)[C@H]3C1=O. The van der Waals surface area contributed by atoms with Gasteiger partial charge in [-0.3, -0.25) is 9.59 Å². The van der Waals surface area contributed by atoms with E-state index >= 15 is 0 Å². The monoisotopic (exact) mass is 361 g/mol. The summed E-state index contributed by atoms with van der Waals surface area (Å²) in [6.07, 6.45) is 5.81. The summed E-state index contributed by atoms with van der Waals surface area (Å²) in [7, 11) is 2.10. The fraction of sp³-hybridized carbons (Fsp3) is 0.800. The van der Waals surface area contributed by atoms with E-state index in [0.29, 0.717) is 12.5 Å². The minimum Gasteiger partial charge on any atom is -0.360 e. The number of nitrogens with zero attached hydrogens (tertiary/aromatic N) is 3. The second-order valence-corrected chi connectivity index (χ2v) is 8.82. The lowest BCUT2D eigenvalue weighted by atomic mass is 9.76. The highest BCUT2D eigenvalue weighted by Crippen LogP contribution is 2.52. The molecule has 0 radical (unpaired) electrons. The Morgan fingerprint density at radius 2 is 2.12 bits per heavy atom. The van der Waals surface area contributed by atoms with Crippen LogP contribution in [0.1, 0.15) is 26.7 Å². The van der Waals surface area contributed by atoms with E-state index in [1.165, 1.54) is 0 Å². The van der Waals surface area contributed by atoms with Crippen molar-refractivity contribution in [3.05, 3.63) is 12.2 Å². The molecule has 3 saturated heterocycles. The first kappa shape index (κ1) is 18.0. The molecule has 2 bridgehead atoms. The molecular weight excluding hydrogens is 330 g/mol. The average molecular weight is 361 g/mol. The first-order chi connectivity index (χ1) is 12.4. The Hall–Kier alpha value is -1.40. The Labute approximate surface area is 156 Å². The number of likely N-dealkylation sites (N-methyl/N-ethyl adjacent to an activating group) is 1. The molecule has 26 heavy (non-hydrogen) atoms. The molecule has 0 aromatic rings. The second kappa shape index (κ2) is 6.64. The zero-order valence-electron chi connectivity index (χ0n) is 16.2. The number of amides is 2. The maximum Gasteiger partial charge on any atom is 0.230 e. The van der Waals surface area contributed by atoms with E-state index in [1.807, 2.05) is 15.9 Å². The second-order valence-electron chi connectivity index (χ2n) is 8.82. The van der Waals surface area contributed by atoms with Crippen LogP contribution in [0.2, 0.25) is 0 Å². The van der Waals surface area contributed by atoms with Crippen LogP contribution in [-0.4, -0.2) is 84.5 Å². The standard InChI is InChI=1S/C20H31N3O3/c1-14(2)6-10-23-13-20-7-5-15(26-20)16(17(20)19(23)25)18(24)22-9-4-8-21(3)11-12-22/h5,7,14-17H,4,6,8-13H2,1-3H3/t15-,16+,17-,20-/m0/s1. The predicted octanol–water partition coefficient (Wildman–Crippen LogP) is 0.979. The van der Waals surface area contributed by atoms with E-state index in [4.69, 9.17) is 4.74 Å². The minimum absolute atomic E-state index is 0.112. The summed E-state index contributed by atoms with van der Waals surface area (Å²) in [6, 6.07) is 0. The van der Waals surface area contributed by atoms with Crippen LogP contribution in [0, 0.1) is 17.8 Å². The first-order valence-electron chi connectivity index (χ1n) is 10.0. The van der Waals surface area contributed by atoms with Crippen LogP contribution in [0.15, 0.2) is 12.2 Å². The zero-order valence-corrected chi connectivity index (χ0v) is 16.2. The van der Waals surface area contributed by atoms with Crippen LogP contribution in [0.5, 0.6) is 0 Å². The first-order valence-corrected chi connectivity index (χ1v) is 10.0. The van der Waals surface area contributed by atoms with Crippen molar-refractivity contribution in [1.29, 1.82) is 0 Å². The van der Waals surface area contributed by atoms with Crippen molar-refractivity contribution in [2.75, 3.05) is 46.3 Å². The van der Waals surface area contributed by atoms with Gasteiger partial charge < -0.3 is 19.4 Å². The van der Waals surface area contributed by atoms with Crippen LogP contribution in [-0.2, 0) is 14.3 Å². The van der Waals surface area contributed by atoms with Crippen molar-refractivity contribution < 1.29 is 14.3 Å². The van der Waals surface area contributed by atoms with Gasteiger partial charge in [0.2, 0.25) is 11.8 Å². The van der Waals surface area contributed by atoms with Crippen molar-refractivity contribution in [1.82, 2.24) is 14.7 Å². The smallest absolute Gasteiger partial charge is 0.230 e. The van der Waals surface area contributed by atoms with Gasteiger partial charge in [0.05, 0.1) is 24.5 Å². The Bertz CT molecular complexity index is 619. The molecular formula is C20H31N3O3. The number of likely N-dealkylation sites (tertiary alicyclic amines) is 1. The average Bonchev–Trinajstić information content (AvgIpc) is 3.17. The van der Waals surface area contributed by atoms with Crippen molar-refractivity contribution in [3.63, 3.8) is 0 Å². The summed E-state index contributed by atoms with van der Waals surface area (Å²) in [6.45, 7) is 9.13. The molecule has 2 amide bonds. The summed E-state index contributed by atoms with van der Waals surface area (Å²) in [5.74, 6) is 0.0986. The van der Waals surface area contributed by atoms with E-state index in [1.54, 1.807) is 0 Å². The molecule has 1 spiro atoms. The summed E-state index contributed by atoms with van der Waals surface area (Å²) in [5.41, 5.74) is -0.568. The van der Waals surface area contributed by atoms with Crippen molar-refractivity contribution in [3.8, 4) is 0 Å². The third kappa shape index (κ3) is 2.87. The Morgan fingerprint density at radius 3 is 2.88 bits per heavy atom. The third-order valence-corrected chi connectivity index (χ3v) is 6.47. The van der Waals surface area contributed by atoms with Crippen LogP contribution in [0.3, 0.4) is 0 Å². The van der Waals surface area contributed by atoms with Gasteiger partial charge in [-0.2, -0.15) is 0 Å². The number of ether oxygens (including phenoxy) is 1. The molecule has 0 N–H and O–H groups in total. The van der Waals surface area contributed by atoms with Crippen LogP contribution in [0.25, 0.3) is 0 Å². The van der Waals surface area contributed by atoms with Crippen molar-refractivity contribution in [2.45, 2.75) is 38.4 Å². The molecule has 4 heterocycles. The fourth-order valence-electron chi connectivity index (χ4n) is 4.94. The van der Waals surface area contributed by atoms with Crippen molar-refractivity contribution >= 4 is 11.8 Å². The number of hydrogen-bond donors (Lipinski definition) is 0. The number of carbonyl (C=O) groups excluding carboxylic acids is 2. The fourth-order valence-corrected chi connectivity index (χ4v) is 4.94. The van der Waals surface area contributed by atoms with Gasteiger partial charge in [0.1, 0.15) is 5.60 Å². The highest BCUT2D eigenvalue weighted by atomic mass is 16.5. The number of carbonyl (C=O) groups is 2. The van der Waals surface area contributed by atoms with E-state index in [2.05, 4.69) is 31.9 Å². The van der Waals surface area contributed by atoms with Crippen LogP contribution >= 0.6 is 0 Å². The molecule has 0 unspecified atom stereocenters. The lowest BCUT2D eigenvalue weighted by Gasteiger charge is -2.29. The van der Waals surface area contributed by atoms with Crippen LogP contribution in [0.4, 0.5) is 0 Å². The number of rotatable bonds is 4. The molecule has 6 heteroatoms. The van der Waals surface area contributed by atoms with Gasteiger partial charge in [-0.25, -0.2) is 0 Å². The molecule has 6 nitrogen and oxygen atoms in total. The van der Waals surface area contributed by atoms with Crippen molar-refractivity contribution in [2.24, 2.45) is 17.8 Å². The quantitative estimate of drug-likeness (QED) is 0.701. The van der Waals surface area contributed by atoms with E-state index in [-0.39, 0.29) is 29.8 Å². The number of hydrogen-bond acceptors (Lipinski definition) is 4. The van der Waals surface area contributed by atoms with Gasteiger partial charge in [-0.1, -0.05) is 26.0 Å². The molecule has 4 aliphatic heterocycles. The lowest BCUT2D eigenvalue weighted by Crippen LogP contribution is -2.47. The molecule has 3 fully saturated rings. The highest BCUT2D eigenvalue weighted by molar-refractivity contribution is 5.93. The number of fused-ring (bicyclic) bond motifs is 1. The topological polar surface area (TPSA) is 53.1 Å². The maximum atomic E-state index is 13.3. The van der Waals surface area contributed by atoms with Gasteiger partial charge in [-0.15, -0.1) is 0 Å². The molecule has 4 atom stereocenters. The van der Waals surface area contributed by atoms with Crippen LogP contribution < -0.4 is 0 Å². The Morgan fingerprint density at radius 1 is 1.31 bits per heavy atom. The third-order valence-electron chi connectivity index (χ3n) is 6.47. The molecule has 0 saturated carbocycles. The molecule has 0 aromatic heterocycles. The van der Waals surface area contributed by atoms with Gasteiger partial charge in [0.25, 0.3) is 0 Å². The molecule has 0 aliphatic carbocycles. The van der Waals surface area contributed by atoms with E-state index in [9.17, 15) is 9.59 Å². The molecule has 4 rings (SSSR count). The Kier molecular flexibility index (Phi) is 4.59. The largest absolute Gasteiger partial charge is 0.360 e. The predicted molar refractivity (Wildman–Crippen MR) is 98.5 cm³/mol. The highest BCUT2D eigenvalue weighted by Gasteiger charge is 2.67. The molecule has 0 aromatic carbocycles. The lowest BCUT2D eigenvalue weighted by molar-refractivity contribution is -0.143. The summed E-state index contributed by atoms with van der Waals surface area (Å²) >= 11 is 0. The summed E-state index contributed by atoms with van der Waals surface area (Å²) in [4.78, 5) is 32.6. The normalized spacial score (nSPS) is 36.9. The van der Waals surface area contributed by atoms with Gasteiger partial charge in [-0.05, 0) is 32.4 Å².